The van der Waals surface area contributed by atoms with E-state index in [2.05, 4.69) is 0 Å². The van der Waals surface area contributed by atoms with Crippen LogP contribution in [0.2, 0.25) is 0 Å². The van der Waals surface area contributed by atoms with Gasteiger partial charge >= 0.3 is 29.8 Å². The van der Waals surface area contributed by atoms with Crippen molar-refractivity contribution in [3.8, 4) is 0 Å². The Balaban J connectivity index is 2.95. The Kier molecular flexibility index (Phi) is 16.2. The van der Waals surface area contributed by atoms with Gasteiger partial charge in [0.15, 0.2) is 0 Å². The number of anilines is 1. The van der Waals surface area contributed by atoms with Crippen LogP contribution in [-0.4, -0.2) is 104 Å². The van der Waals surface area contributed by atoms with E-state index in [-0.39, 0.29) is 46.5 Å². The highest BCUT2D eigenvalue weighted by Gasteiger charge is 2.42. The van der Waals surface area contributed by atoms with Gasteiger partial charge in [0.2, 0.25) is 5.91 Å². The fourth-order valence-electron chi connectivity index (χ4n) is 4.72. The summed E-state index contributed by atoms with van der Waals surface area (Å²) >= 11 is 5.49. The van der Waals surface area contributed by atoms with Crippen LogP contribution in [0, 0.1) is 10.7 Å². The second-order valence-corrected chi connectivity index (χ2v) is 13.6. The molecule has 48 heavy (non-hydrogen) atoms. The highest BCUT2D eigenvalue weighted by Crippen LogP contribution is 2.41. The van der Waals surface area contributed by atoms with Crippen LogP contribution in [0.1, 0.15) is 68.2 Å². The van der Waals surface area contributed by atoms with Crippen molar-refractivity contribution in [3.05, 3.63) is 21.8 Å². The Morgan fingerprint density at radius 3 is 1.48 bits per heavy atom. The van der Waals surface area contributed by atoms with Gasteiger partial charge in [-0.3, -0.25) is 38.4 Å². The van der Waals surface area contributed by atoms with Crippen LogP contribution in [0.4, 0.5) is 5.69 Å². The van der Waals surface area contributed by atoms with Gasteiger partial charge in [-0.25, -0.2) is 0 Å². The summed E-state index contributed by atoms with van der Waals surface area (Å²) in [6, 6.07) is -3.11. The largest absolute Gasteiger partial charge is 0.464 e. The second-order valence-electron chi connectivity index (χ2n) is 10.4. The van der Waals surface area contributed by atoms with Crippen molar-refractivity contribution >= 4 is 121 Å². The van der Waals surface area contributed by atoms with Crippen molar-refractivity contribution in [1.29, 1.82) is 0 Å². The molecule has 2 rings (SSSR count). The maximum Gasteiger partial charge on any atom is 0.302 e. The molecular formula is C29H34I3N3O13. The summed E-state index contributed by atoms with van der Waals surface area (Å²) < 4.78 is 26.6. The number of carbonyl (C=O) groups is 8. The van der Waals surface area contributed by atoms with Crippen molar-refractivity contribution in [2.45, 2.75) is 65.6 Å². The van der Waals surface area contributed by atoms with E-state index >= 15 is 0 Å². The molecule has 1 heterocycles. The Morgan fingerprint density at radius 1 is 0.708 bits per heavy atom. The van der Waals surface area contributed by atoms with Crippen molar-refractivity contribution < 1.29 is 62.0 Å². The zero-order chi connectivity index (χ0) is 36.5. The monoisotopic (exact) mass is 1010 g/mol. The predicted octanol–water partition coefficient (Wildman–Crippen LogP) is 2.09. The summed E-state index contributed by atoms with van der Waals surface area (Å²) in [5.41, 5.74) is 5.76. The van der Waals surface area contributed by atoms with Gasteiger partial charge in [0.25, 0.3) is 11.8 Å². The van der Waals surface area contributed by atoms with Gasteiger partial charge in [-0.1, -0.05) is 0 Å². The third kappa shape index (κ3) is 11.1. The van der Waals surface area contributed by atoms with E-state index < -0.39 is 86.2 Å². The number of hydrogen-bond donors (Lipinski definition) is 1. The molecule has 0 aliphatic carbocycles. The Morgan fingerprint density at radius 2 is 1.10 bits per heavy atom. The molecule has 0 saturated carbocycles. The number of hydrogen-bond acceptors (Lipinski definition) is 13. The summed E-state index contributed by atoms with van der Waals surface area (Å²) in [5.74, 6) is -5.61. The number of carbonyl (C=O) groups excluding carboxylic acids is 8. The Hall–Kier alpha value is -2.83. The molecule has 2 N–H and O–H groups in total. The lowest BCUT2D eigenvalue weighted by atomic mass is 10.0. The molecule has 0 bridgehead atoms. The van der Waals surface area contributed by atoms with Crippen LogP contribution in [0.15, 0.2) is 0 Å². The van der Waals surface area contributed by atoms with Crippen molar-refractivity contribution in [3.63, 3.8) is 0 Å². The average Bonchev–Trinajstić information content (AvgIpc) is 3.32. The molecule has 1 aromatic rings. The summed E-state index contributed by atoms with van der Waals surface area (Å²) in [4.78, 5) is 103. The minimum absolute atomic E-state index is 0.0884. The van der Waals surface area contributed by atoms with Crippen LogP contribution >= 0.6 is 67.8 Å². The minimum Gasteiger partial charge on any atom is -0.464 e. The summed E-state index contributed by atoms with van der Waals surface area (Å²) in [7, 11) is 0. The fourth-order valence-corrected chi connectivity index (χ4v) is 9.40. The first-order valence-corrected chi connectivity index (χ1v) is 17.4. The zero-order valence-electron chi connectivity index (χ0n) is 26.6. The van der Waals surface area contributed by atoms with E-state index in [4.69, 9.17) is 29.4 Å². The molecule has 0 spiro atoms. The van der Waals surface area contributed by atoms with E-state index in [1.54, 1.807) is 22.6 Å². The molecular weight excluding hydrogens is 979 g/mol. The highest BCUT2D eigenvalue weighted by atomic mass is 127. The number of benzene rings is 1. The number of rotatable bonds is 15. The molecule has 1 fully saturated rings. The van der Waals surface area contributed by atoms with Crippen LogP contribution in [0.5, 0.6) is 0 Å². The van der Waals surface area contributed by atoms with Gasteiger partial charge in [0.05, 0.1) is 30.0 Å². The molecule has 1 saturated heterocycles. The molecule has 19 heteroatoms. The molecule has 3 amide bonds. The fraction of sp³-hybridized carbons (Fsp3) is 0.517. The maximum absolute atomic E-state index is 14.9. The van der Waals surface area contributed by atoms with Gasteiger partial charge in [-0.05, 0) is 74.2 Å². The van der Waals surface area contributed by atoms with Gasteiger partial charge < -0.3 is 39.2 Å². The molecule has 1 unspecified atom stereocenters. The summed E-state index contributed by atoms with van der Waals surface area (Å²) in [5, 5.41) is 0. The van der Waals surface area contributed by atoms with E-state index in [0.717, 1.165) is 32.6 Å². The Bertz CT molecular complexity index is 1410. The topological polar surface area (TPSA) is 215 Å². The first-order chi connectivity index (χ1) is 22.4. The Labute approximate surface area is 316 Å². The minimum atomic E-state index is -1.24. The van der Waals surface area contributed by atoms with Gasteiger partial charge in [0.1, 0.15) is 45.1 Å². The van der Waals surface area contributed by atoms with Gasteiger partial charge in [-0.2, -0.15) is 0 Å². The first kappa shape index (κ1) is 41.3. The van der Waals surface area contributed by atoms with E-state index in [1.165, 1.54) is 11.8 Å². The number of esters is 5. The van der Waals surface area contributed by atoms with Crippen molar-refractivity contribution in [2.24, 2.45) is 5.73 Å². The molecule has 264 valence electrons. The van der Waals surface area contributed by atoms with Gasteiger partial charge in [-0.15, -0.1) is 0 Å². The van der Waals surface area contributed by atoms with E-state index in [0.29, 0.717) is 6.42 Å². The number of amides is 3. The number of halogens is 3. The quantitative estimate of drug-likeness (QED) is 0.152. The molecule has 1 atom stereocenters. The third-order valence-electron chi connectivity index (χ3n) is 6.74. The maximum atomic E-state index is 14.9. The number of ether oxygens (including phenoxy) is 5. The smallest absolute Gasteiger partial charge is 0.302 e. The van der Waals surface area contributed by atoms with Gasteiger partial charge in [0, 0.05) is 44.6 Å². The second kappa shape index (κ2) is 18.8. The average molecular weight is 1010 g/mol. The molecule has 1 aliphatic heterocycles. The SMILES string of the molecule is CC(=O)OCC1CCC(=O)N1c1c(I)c(C(N)=O)c(I)c(C(=O)N(C(COC(C)=O)COC(C)=O)C(COC(C)=O)COC(C)=O)c1I. The van der Waals surface area contributed by atoms with Crippen LogP contribution < -0.4 is 10.6 Å². The predicted molar refractivity (Wildman–Crippen MR) is 191 cm³/mol. The molecule has 1 aliphatic rings. The molecule has 1 aromatic carbocycles. The lowest BCUT2D eigenvalue weighted by Gasteiger charge is -2.38. The van der Waals surface area contributed by atoms with Crippen molar-refractivity contribution in [2.75, 3.05) is 37.9 Å². The number of nitrogens with zero attached hydrogens (tertiary/aromatic N) is 2. The number of nitrogens with two attached hydrogens (primary N) is 1. The standard InChI is InChI=1S/C29H34I3N3O13/c1-13(36)44-8-18-6-7-21(41)35(18)27-25(31)22(28(33)42)24(30)23(26(27)32)29(43)34(19(9-45-14(2)37)10-46-15(3)38)20(11-47-16(4)39)12-48-17(5)40/h18-20H,6-12H2,1-5H3,(H2,33,42). The van der Waals surface area contributed by atoms with Crippen LogP contribution in [-0.2, 0) is 52.5 Å². The first-order valence-electron chi connectivity index (χ1n) is 14.2. The highest BCUT2D eigenvalue weighted by molar-refractivity contribution is 14.1. The normalized spacial score (nSPS) is 14.1. The number of primary amides is 1. The van der Waals surface area contributed by atoms with E-state index in [9.17, 15) is 38.4 Å². The lowest BCUT2D eigenvalue weighted by molar-refractivity contribution is -0.150. The molecule has 0 radical (unpaired) electrons. The van der Waals surface area contributed by atoms with Crippen LogP contribution in [0.25, 0.3) is 0 Å². The van der Waals surface area contributed by atoms with Crippen molar-refractivity contribution in [1.82, 2.24) is 4.90 Å². The van der Waals surface area contributed by atoms with E-state index in [1.807, 2.05) is 45.2 Å². The summed E-state index contributed by atoms with van der Waals surface area (Å²) in [6.45, 7) is 3.54. The van der Waals surface area contributed by atoms with Crippen LogP contribution in [0.3, 0.4) is 0 Å². The molecule has 0 aromatic heterocycles. The zero-order valence-corrected chi connectivity index (χ0v) is 33.1. The lowest BCUT2D eigenvalue weighted by Crippen LogP contribution is -2.55. The third-order valence-corrected chi connectivity index (χ3v) is 9.92. The molecule has 16 nitrogen and oxygen atoms in total. The summed E-state index contributed by atoms with van der Waals surface area (Å²) in [6.07, 6.45) is 0.399.